The molecule has 1 unspecified atom stereocenters. The van der Waals surface area contributed by atoms with Gasteiger partial charge in [0.25, 0.3) is 0 Å². The van der Waals surface area contributed by atoms with Crippen molar-refractivity contribution in [1.82, 2.24) is 5.32 Å². The standard InChI is InChI=1S/C16H23Cl2NO5S/c1-11(8-23-9-14(20)24-16(2,3)4)19-10-25(21,22)13-7-5-6-12(17)15(13)18/h5-7,11,19H,8-10H2,1-4H3. The molecule has 6 nitrogen and oxygen atoms in total. The first kappa shape index (κ1) is 22.2. The second kappa shape index (κ2) is 9.19. The molecule has 0 heterocycles. The fraction of sp³-hybridized carbons (Fsp3) is 0.562. The number of benzene rings is 1. The van der Waals surface area contributed by atoms with Gasteiger partial charge in [-0.25, -0.2) is 13.2 Å². The average molecular weight is 412 g/mol. The highest BCUT2D eigenvalue weighted by Crippen LogP contribution is 2.29. The molecule has 1 atom stereocenters. The van der Waals surface area contributed by atoms with Crippen LogP contribution in [0.3, 0.4) is 0 Å². The van der Waals surface area contributed by atoms with Gasteiger partial charge in [0, 0.05) is 6.04 Å². The van der Waals surface area contributed by atoms with E-state index in [-0.39, 0.29) is 40.1 Å². The van der Waals surface area contributed by atoms with Gasteiger partial charge >= 0.3 is 5.97 Å². The van der Waals surface area contributed by atoms with Crippen LogP contribution in [0.2, 0.25) is 10.0 Å². The number of sulfone groups is 1. The minimum atomic E-state index is -3.65. The van der Waals surface area contributed by atoms with Crippen LogP contribution in [0.5, 0.6) is 0 Å². The molecule has 1 aromatic carbocycles. The highest BCUT2D eigenvalue weighted by molar-refractivity contribution is 7.91. The van der Waals surface area contributed by atoms with Crippen LogP contribution in [-0.4, -0.2) is 45.1 Å². The van der Waals surface area contributed by atoms with Crippen molar-refractivity contribution < 1.29 is 22.7 Å². The Morgan fingerprint density at radius 1 is 1.28 bits per heavy atom. The third-order valence-corrected chi connectivity index (χ3v) is 5.37. The number of halogens is 2. The van der Waals surface area contributed by atoms with E-state index in [2.05, 4.69) is 5.32 Å². The maximum atomic E-state index is 12.3. The van der Waals surface area contributed by atoms with E-state index in [1.54, 1.807) is 27.7 Å². The molecule has 0 saturated carbocycles. The Morgan fingerprint density at radius 2 is 1.92 bits per heavy atom. The topological polar surface area (TPSA) is 81.7 Å². The van der Waals surface area contributed by atoms with E-state index in [9.17, 15) is 13.2 Å². The van der Waals surface area contributed by atoms with Crippen molar-refractivity contribution in [2.24, 2.45) is 0 Å². The highest BCUT2D eigenvalue weighted by Gasteiger charge is 2.21. The monoisotopic (exact) mass is 411 g/mol. The predicted octanol–water partition coefficient (Wildman–Crippen LogP) is 3.06. The van der Waals surface area contributed by atoms with Crippen molar-refractivity contribution in [2.45, 2.75) is 44.2 Å². The second-order valence-electron chi connectivity index (χ2n) is 6.52. The molecule has 0 aliphatic rings. The fourth-order valence-electron chi connectivity index (χ4n) is 1.80. The molecule has 0 fully saturated rings. The summed E-state index contributed by atoms with van der Waals surface area (Å²) in [5, 5.41) is 3.00. The third kappa shape index (κ3) is 7.92. The van der Waals surface area contributed by atoms with Crippen LogP contribution in [0.4, 0.5) is 0 Å². The van der Waals surface area contributed by atoms with Crippen LogP contribution in [-0.2, 0) is 24.1 Å². The van der Waals surface area contributed by atoms with E-state index in [4.69, 9.17) is 32.7 Å². The molecular formula is C16H23Cl2NO5S. The summed E-state index contributed by atoms with van der Waals surface area (Å²) in [6.07, 6.45) is 0. The van der Waals surface area contributed by atoms with Crippen LogP contribution in [0.1, 0.15) is 27.7 Å². The summed E-state index contributed by atoms with van der Waals surface area (Å²) in [6, 6.07) is 4.14. The molecule has 0 bridgehead atoms. The van der Waals surface area contributed by atoms with Gasteiger partial charge in [-0.1, -0.05) is 29.3 Å². The van der Waals surface area contributed by atoms with E-state index in [1.165, 1.54) is 18.2 Å². The molecule has 0 aliphatic carbocycles. The van der Waals surface area contributed by atoms with Crippen LogP contribution in [0.15, 0.2) is 23.1 Å². The van der Waals surface area contributed by atoms with Crippen molar-refractivity contribution in [1.29, 1.82) is 0 Å². The lowest BCUT2D eigenvalue weighted by Crippen LogP contribution is -2.36. The summed E-state index contributed by atoms with van der Waals surface area (Å²) in [7, 11) is -3.65. The molecule has 0 aliphatic heterocycles. The largest absolute Gasteiger partial charge is 0.458 e. The summed E-state index contributed by atoms with van der Waals surface area (Å²) < 4.78 is 35.0. The van der Waals surface area contributed by atoms with E-state index in [0.717, 1.165) is 0 Å². The maximum Gasteiger partial charge on any atom is 0.332 e. The smallest absolute Gasteiger partial charge is 0.332 e. The Bertz CT molecular complexity index is 701. The minimum Gasteiger partial charge on any atom is -0.458 e. The van der Waals surface area contributed by atoms with Crippen molar-refractivity contribution >= 4 is 39.0 Å². The Balaban J connectivity index is 2.47. The maximum absolute atomic E-state index is 12.3. The van der Waals surface area contributed by atoms with E-state index < -0.39 is 21.4 Å². The highest BCUT2D eigenvalue weighted by atomic mass is 35.5. The molecule has 0 spiro atoms. The number of ether oxygens (including phenoxy) is 2. The van der Waals surface area contributed by atoms with Crippen LogP contribution < -0.4 is 5.32 Å². The first-order valence-corrected chi connectivity index (χ1v) is 10.0. The number of carbonyl (C=O) groups excluding carboxylic acids is 1. The second-order valence-corrected chi connectivity index (χ2v) is 9.26. The molecule has 1 N–H and O–H groups in total. The van der Waals surface area contributed by atoms with Gasteiger partial charge in [-0.3, -0.25) is 5.32 Å². The van der Waals surface area contributed by atoms with Crippen molar-refractivity contribution in [2.75, 3.05) is 19.1 Å². The summed E-state index contributed by atoms with van der Waals surface area (Å²) in [4.78, 5) is 11.5. The number of carbonyl (C=O) groups is 1. The lowest BCUT2D eigenvalue weighted by molar-refractivity contribution is -0.160. The van der Waals surface area contributed by atoms with Gasteiger partial charge < -0.3 is 9.47 Å². The van der Waals surface area contributed by atoms with Crippen LogP contribution >= 0.6 is 23.2 Å². The molecule has 0 aromatic heterocycles. The SMILES string of the molecule is CC(COCC(=O)OC(C)(C)C)NCS(=O)(=O)c1cccc(Cl)c1Cl. The van der Waals surface area contributed by atoms with Crippen molar-refractivity contribution in [3.63, 3.8) is 0 Å². The molecule has 25 heavy (non-hydrogen) atoms. The van der Waals surface area contributed by atoms with Gasteiger partial charge in [0.05, 0.1) is 21.5 Å². The lowest BCUT2D eigenvalue weighted by atomic mass is 10.2. The predicted molar refractivity (Wildman–Crippen MR) is 97.8 cm³/mol. The normalized spacial score (nSPS) is 13.5. The zero-order valence-corrected chi connectivity index (χ0v) is 17.0. The number of esters is 1. The minimum absolute atomic E-state index is 0.000189. The average Bonchev–Trinajstić information content (AvgIpc) is 2.46. The molecule has 0 saturated heterocycles. The first-order chi connectivity index (χ1) is 11.4. The van der Waals surface area contributed by atoms with Gasteiger partial charge in [-0.15, -0.1) is 0 Å². The Hall–Kier alpha value is -0.860. The van der Waals surface area contributed by atoms with Crippen LogP contribution in [0, 0.1) is 0 Å². The lowest BCUT2D eigenvalue weighted by Gasteiger charge is -2.20. The van der Waals surface area contributed by atoms with Crippen molar-refractivity contribution in [3.8, 4) is 0 Å². The Labute approximate surface area is 158 Å². The molecule has 9 heteroatoms. The summed E-state index contributed by atoms with van der Waals surface area (Å²) >= 11 is 11.8. The van der Waals surface area contributed by atoms with Crippen molar-refractivity contribution in [3.05, 3.63) is 28.2 Å². The van der Waals surface area contributed by atoms with E-state index in [1.807, 2.05) is 0 Å². The first-order valence-electron chi connectivity index (χ1n) is 7.62. The van der Waals surface area contributed by atoms with Gasteiger partial charge in [0.15, 0.2) is 9.84 Å². The molecule has 0 radical (unpaired) electrons. The quantitative estimate of drug-likeness (QED) is 0.661. The Morgan fingerprint density at radius 3 is 2.52 bits per heavy atom. The summed E-state index contributed by atoms with van der Waals surface area (Å²) in [6.45, 7) is 6.99. The van der Waals surface area contributed by atoms with Gasteiger partial charge in [-0.05, 0) is 39.8 Å². The van der Waals surface area contributed by atoms with E-state index >= 15 is 0 Å². The molecule has 0 amide bonds. The van der Waals surface area contributed by atoms with Crippen LogP contribution in [0.25, 0.3) is 0 Å². The molecule has 142 valence electrons. The number of hydrogen-bond donors (Lipinski definition) is 1. The Kier molecular flexibility index (Phi) is 8.15. The zero-order valence-electron chi connectivity index (χ0n) is 14.6. The number of nitrogens with one attached hydrogen (secondary N) is 1. The molecule has 1 aromatic rings. The number of hydrogen-bond acceptors (Lipinski definition) is 6. The third-order valence-electron chi connectivity index (χ3n) is 2.88. The molecule has 1 rings (SSSR count). The van der Waals surface area contributed by atoms with Gasteiger partial charge in [0.1, 0.15) is 18.1 Å². The zero-order chi connectivity index (χ0) is 19.3. The van der Waals surface area contributed by atoms with Gasteiger partial charge in [-0.2, -0.15) is 0 Å². The van der Waals surface area contributed by atoms with Gasteiger partial charge in [0.2, 0.25) is 0 Å². The fourth-order valence-corrected chi connectivity index (χ4v) is 3.84. The number of rotatable bonds is 8. The summed E-state index contributed by atoms with van der Waals surface area (Å²) in [5.74, 6) is -0.803. The van der Waals surface area contributed by atoms with E-state index in [0.29, 0.717) is 0 Å². The summed E-state index contributed by atoms with van der Waals surface area (Å²) in [5.41, 5.74) is -0.575. The molecular weight excluding hydrogens is 389 g/mol.